The molecule has 0 aliphatic carbocycles. The molecule has 0 amide bonds. The van der Waals surface area contributed by atoms with Crippen molar-refractivity contribution in [2.24, 2.45) is 0 Å². The Hall–Kier alpha value is -0.120. The Labute approximate surface area is 87.8 Å². The van der Waals surface area contributed by atoms with Crippen LogP contribution < -0.4 is 5.32 Å². The number of ether oxygens (including phenoxy) is 1. The molecule has 1 fully saturated rings. The van der Waals surface area contributed by atoms with E-state index in [1.165, 1.54) is 6.42 Å². The first-order valence-electron chi connectivity index (χ1n) is 5.61. The van der Waals surface area contributed by atoms with Crippen molar-refractivity contribution in [1.82, 2.24) is 10.2 Å². The maximum atomic E-state index is 5.71. The molecule has 0 aromatic heterocycles. The maximum absolute atomic E-state index is 5.71. The lowest BCUT2D eigenvalue weighted by atomic mass is 10.0. The van der Waals surface area contributed by atoms with Crippen LogP contribution in [0.2, 0.25) is 0 Å². The van der Waals surface area contributed by atoms with Gasteiger partial charge >= 0.3 is 0 Å². The fraction of sp³-hybridized carbons (Fsp3) is 1.00. The monoisotopic (exact) mass is 200 g/mol. The third-order valence-electron chi connectivity index (χ3n) is 2.88. The summed E-state index contributed by atoms with van der Waals surface area (Å²) in [7, 11) is 2.02. The van der Waals surface area contributed by atoms with E-state index in [-0.39, 0.29) is 5.60 Å². The number of hydrogen-bond acceptors (Lipinski definition) is 3. The van der Waals surface area contributed by atoms with Crippen molar-refractivity contribution >= 4 is 0 Å². The smallest absolute Gasteiger partial charge is 0.0753 e. The first kappa shape index (κ1) is 12.0. The molecule has 0 aromatic rings. The third kappa shape index (κ3) is 3.23. The SMILES string of the molecule is CCC(CNC)N1CCOC(C)(C)C1. The highest BCUT2D eigenvalue weighted by molar-refractivity contribution is 4.83. The summed E-state index contributed by atoms with van der Waals surface area (Å²) in [6, 6.07) is 0.656. The molecule has 1 saturated heterocycles. The molecular weight excluding hydrogens is 176 g/mol. The van der Waals surface area contributed by atoms with Crippen LogP contribution in [0, 0.1) is 0 Å². The van der Waals surface area contributed by atoms with E-state index in [1.807, 2.05) is 7.05 Å². The zero-order valence-electron chi connectivity index (χ0n) is 9.97. The second-order valence-electron chi connectivity index (χ2n) is 4.70. The van der Waals surface area contributed by atoms with Gasteiger partial charge < -0.3 is 10.1 Å². The summed E-state index contributed by atoms with van der Waals surface area (Å²) in [5.74, 6) is 0. The van der Waals surface area contributed by atoms with E-state index >= 15 is 0 Å². The molecule has 3 heteroatoms. The predicted molar refractivity (Wildman–Crippen MR) is 59.6 cm³/mol. The molecule has 84 valence electrons. The quantitative estimate of drug-likeness (QED) is 0.735. The minimum Gasteiger partial charge on any atom is -0.373 e. The van der Waals surface area contributed by atoms with Crippen LogP contribution in [-0.2, 0) is 4.74 Å². The first-order valence-corrected chi connectivity index (χ1v) is 5.61. The van der Waals surface area contributed by atoms with Gasteiger partial charge in [-0.1, -0.05) is 6.92 Å². The lowest BCUT2D eigenvalue weighted by molar-refractivity contribution is -0.0969. The van der Waals surface area contributed by atoms with Gasteiger partial charge in [0.15, 0.2) is 0 Å². The van der Waals surface area contributed by atoms with Crippen LogP contribution >= 0.6 is 0 Å². The fourth-order valence-electron chi connectivity index (χ4n) is 2.13. The van der Waals surface area contributed by atoms with Gasteiger partial charge in [-0.25, -0.2) is 0 Å². The Morgan fingerprint density at radius 3 is 2.71 bits per heavy atom. The van der Waals surface area contributed by atoms with Crippen molar-refractivity contribution in [2.45, 2.75) is 38.8 Å². The van der Waals surface area contributed by atoms with Gasteiger partial charge in [0.1, 0.15) is 0 Å². The van der Waals surface area contributed by atoms with Gasteiger partial charge in [0.25, 0.3) is 0 Å². The molecule has 1 N–H and O–H groups in total. The van der Waals surface area contributed by atoms with Crippen LogP contribution in [0.15, 0.2) is 0 Å². The van der Waals surface area contributed by atoms with E-state index in [0.717, 1.165) is 26.2 Å². The van der Waals surface area contributed by atoms with Crippen LogP contribution in [-0.4, -0.2) is 49.8 Å². The molecular formula is C11H24N2O. The number of likely N-dealkylation sites (N-methyl/N-ethyl adjacent to an activating group) is 1. The van der Waals surface area contributed by atoms with Crippen molar-refractivity contribution in [1.29, 1.82) is 0 Å². The molecule has 3 nitrogen and oxygen atoms in total. The fourth-order valence-corrected chi connectivity index (χ4v) is 2.13. The van der Waals surface area contributed by atoms with Gasteiger partial charge in [0.2, 0.25) is 0 Å². The average molecular weight is 200 g/mol. The molecule has 1 heterocycles. The lowest BCUT2D eigenvalue weighted by Crippen LogP contribution is -2.54. The van der Waals surface area contributed by atoms with Gasteiger partial charge in [-0.2, -0.15) is 0 Å². The van der Waals surface area contributed by atoms with E-state index in [9.17, 15) is 0 Å². The second kappa shape index (κ2) is 5.10. The van der Waals surface area contributed by atoms with E-state index in [4.69, 9.17) is 4.74 Å². The molecule has 0 bridgehead atoms. The normalized spacial score (nSPS) is 24.9. The number of morpholine rings is 1. The summed E-state index contributed by atoms with van der Waals surface area (Å²) >= 11 is 0. The Morgan fingerprint density at radius 2 is 2.21 bits per heavy atom. The standard InChI is InChI=1S/C11H24N2O/c1-5-10(8-12-4)13-6-7-14-11(2,3)9-13/h10,12H,5-9H2,1-4H3. The summed E-state index contributed by atoms with van der Waals surface area (Å²) in [6.07, 6.45) is 1.21. The highest BCUT2D eigenvalue weighted by atomic mass is 16.5. The summed E-state index contributed by atoms with van der Waals surface area (Å²) in [5, 5.41) is 3.26. The van der Waals surface area contributed by atoms with Crippen LogP contribution in [0.3, 0.4) is 0 Å². The minimum atomic E-state index is 0.0272. The number of nitrogens with one attached hydrogen (secondary N) is 1. The average Bonchev–Trinajstić information content (AvgIpc) is 2.12. The summed E-state index contributed by atoms with van der Waals surface area (Å²) in [4.78, 5) is 2.54. The van der Waals surface area contributed by atoms with Crippen molar-refractivity contribution in [3.8, 4) is 0 Å². The second-order valence-corrected chi connectivity index (χ2v) is 4.70. The molecule has 1 aliphatic rings. The lowest BCUT2D eigenvalue weighted by Gasteiger charge is -2.42. The van der Waals surface area contributed by atoms with E-state index in [1.54, 1.807) is 0 Å². The van der Waals surface area contributed by atoms with E-state index in [0.29, 0.717) is 6.04 Å². The zero-order valence-corrected chi connectivity index (χ0v) is 9.97. The molecule has 0 radical (unpaired) electrons. The molecule has 1 aliphatic heterocycles. The number of rotatable bonds is 4. The summed E-state index contributed by atoms with van der Waals surface area (Å²) in [6.45, 7) is 10.7. The molecule has 0 saturated carbocycles. The zero-order chi connectivity index (χ0) is 10.6. The van der Waals surface area contributed by atoms with Gasteiger partial charge in [-0.3, -0.25) is 4.90 Å². The van der Waals surface area contributed by atoms with Crippen molar-refractivity contribution in [2.75, 3.05) is 33.3 Å². The molecule has 1 rings (SSSR count). The van der Waals surface area contributed by atoms with E-state index < -0.39 is 0 Å². The Morgan fingerprint density at radius 1 is 1.50 bits per heavy atom. The van der Waals surface area contributed by atoms with Crippen LogP contribution in [0.1, 0.15) is 27.2 Å². The Bertz CT molecular complexity index is 171. The highest BCUT2D eigenvalue weighted by Gasteiger charge is 2.30. The third-order valence-corrected chi connectivity index (χ3v) is 2.88. The molecule has 0 aromatic carbocycles. The predicted octanol–water partition coefficient (Wildman–Crippen LogP) is 1.10. The van der Waals surface area contributed by atoms with Gasteiger partial charge in [-0.05, 0) is 27.3 Å². The van der Waals surface area contributed by atoms with Crippen LogP contribution in [0.25, 0.3) is 0 Å². The van der Waals surface area contributed by atoms with Crippen LogP contribution in [0.4, 0.5) is 0 Å². The molecule has 14 heavy (non-hydrogen) atoms. The molecule has 1 unspecified atom stereocenters. The van der Waals surface area contributed by atoms with Crippen molar-refractivity contribution in [3.63, 3.8) is 0 Å². The minimum absolute atomic E-state index is 0.0272. The summed E-state index contributed by atoms with van der Waals surface area (Å²) < 4.78 is 5.71. The van der Waals surface area contributed by atoms with Gasteiger partial charge in [0.05, 0.1) is 12.2 Å². The molecule has 1 atom stereocenters. The topological polar surface area (TPSA) is 24.5 Å². The Kier molecular flexibility index (Phi) is 4.35. The first-order chi connectivity index (χ1) is 6.59. The van der Waals surface area contributed by atoms with Gasteiger partial charge in [-0.15, -0.1) is 0 Å². The largest absolute Gasteiger partial charge is 0.373 e. The van der Waals surface area contributed by atoms with Crippen molar-refractivity contribution in [3.05, 3.63) is 0 Å². The van der Waals surface area contributed by atoms with Crippen LogP contribution in [0.5, 0.6) is 0 Å². The number of hydrogen-bond donors (Lipinski definition) is 1. The molecule has 0 spiro atoms. The Balaban J connectivity index is 2.49. The highest BCUT2D eigenvalue weighted by Crippen LogP contribution is 2.19. The maximum Gasteiger partial charge on any atom is 0.0753 e. The van der Waals surface area contributed by atoms with Crippen molar-refractivity contribution < 1.29 is 4.74 Å². The van der Waals surface area contributed by atoms with E-state index in [2.05, 4.69) is 31.0 Å². The van der Waals surface area contributed by atoms with Gasteiger partial charge in [0, 0.05) is 25.7 Å². The number of nitrogens with zero attached hydrogens (tertiary/aromatic N) is 1. The summed E-state index contributed by atoms with van der Waals surface area (Å²) in [5.41, 5.74) is 0.0272.